The van der Waals surface area contributed by atoms with Crippen molar-refractivity contribution in [3.8, 4) is 10.6 Å². The van der Waals surface area contributed by atoms with Crippen LogP contribution in [-0.2, 0) is 11.2 Å². The molecule has 1 heterocycles. The molecule has 1 aromatic carbocycles. The van der Waals surface area contributed by atoms with Crippen LogP contribution in [0.3, 0.4) is 0 Å². The number of aryl methyl sites for hydroxylation is 1. The first-order valence-electron chi connectivity index (χ1n) is 8.43. The summed E-state index contributed by atoms with van der Waals surface area (Å²) < 4.78 is 0. The van der Waals surface area contributed by atoms with Crippen molar-refractivity contribution in [2.75, 3.05) is 0 Å². The van der Waals surface area contributed by atoms with Gasteiger partial charge in [0.25, 0.3) is 0 Å². The zero-order valence-corrected chi connectivity index (χ0v) is 14.7. The van der Waals surface area contributed by atoms with Gasteiger partial charge in [-0.05, 0) is 38.5 Å². The summed E-state index contributed by atoms with van der Waals surface area (Å²) in [6, 6.07) is 10.5. The number of nitrogens with one attached hydrogen (secondary N) is 1. The summed E-state index contributed by atoms with van der Waals surface area (Å²) in [7, 11) is 0. The molecule has 0 aliphatic heterocycles. The summed E-state index contributed by atoms with van der Waals surface area (Å²) in [5.74, 6) is 0.912. The molecule has 1 aliphatic carbocycles. The molecule has 0 radical (unpaired) electrons. The highest BCUT2D eigenvalue weighted by molar-refractivity contribution is 7.15. The van der Waals surface area contributed by atoms with Gasteiger partial charge in [0, 0.05) is 16.5 Å². The topological polar surface area (TPSA) is 42.0 Å². The molecule has 1 fully saturated rings. The molecule has 1 N–H and O–H groups in total. The van der Waals surface area contributed by atoms with Crippen molar-refractivity contribution in [1.29, 1.82) is 0 Å². The van der Waals surface area contributed by atoms with Crippen LogP contribution in [0.5, 0.6) is 0 Å². The van der Waals surface area contributed by atoms with E-state index in [1.165, 1.54) is 12.8 Å². The molecule has 4 heteroatoms. The third kappa shape index (κ3) is 4.20. The van der Waals surface area contributed by atoms with Gasteiger partial charge in [-0.1, -0.05) is 37.3 Å². The predicted molar refractivity (Wildman–Crippen MR) is 95.6 cm³/mol. The number of carbonyl (C=O) groups is 1. The lowest BCUT2D eigenvalue weighted by atomic mass is 9.87. The Kier molecular flexibility index (Phi) is 5.11. The fraction of sp³-hybridized carbons (Fsp3) is 0.474. The van der Waals surface area contributed by atoms with Gasteiger partial charge in [0.15, 0.2) is 0 Å². The fourth-order valence-electron chi connectivity index (χ4n) is 3.13. The van der Waals surface area contributed by atoms with Crippen LogP contribution < -0.4 is 5.32 Å². The van der Waals surface area contributed by atoms with Gasteiger partial charge < -0.3 is 5.32 Å². The second-order valence-corrected chi connectivity index (χ2v) is 7.79. The standard InChI is InChI=1S/C19H24N2OS/c1-13-8-10-16(11-9-13)20-18(22)12-17-14(2)23-19(21-17)15-6-4-3-5-7-15/h3-7,13,16H,8-12H2,1-2H3,(H,20,22). The Morgan fingerprint density at radius 1 is 1.22 bits per heavy atom. The zero-order chi connectivity index (χ0) is 16.2. The van der Waals surface area contributed by atoms with E-state index in [9.17, 15) is 4.79 Å². The maximum Gasteiger partial charge on any atom is 0.226 e. The number of benzene rings is 1. The normalized spacial score (nSPS) is 21.1. The van der Waals surface area contributed by atoms with Crippen LogP contribution in [0, 0.1) is 12.8 Å². The third-order valence-electron chi connectivity index (χ3n) is 4.62. The van der Waals surface area contributed by atoms with Gasteiger partial charge in [-0.15, -0.1) is 11.3 Å². The molecule has 3 nitrogen and oxygen atoms in total. The average Bonchev–Trinajstić information content (AvgIpc) is 2.91. The lowest BCUT2D eigenvalue weighted by Gasteiger charge is -2.26. The van der Waals surface area contributed by atoms with Crippen LogP contribution in [0.1, 0.15) is 43.2 Å². The number of hydrogen-bond acceptors (Lipinski definition) is 3. The molecule has 3 rings (SSSR count). The number of rotatable bonds is 4. The lowest BCUT2D eigenvalue weighted by Crippen LogP contribution is -2.38. The number of hydrogen-bond donors (Lipinski definition) is 1. The molecule has 1 amide bonds. The Morgan fingerprint density at radius 2 is 1.91 bits per heavy atom. The van der Waals surface area contributed by atoms with E-state index < -0.39 is 0 Å². The molecule has 0 bridgehead atoms. The second-order valence-electron chi connectivity index (χ2n) is 6.59. The van der Waals surface area contributed by atoms with Crippen molar-refractivity contribution in [3.63, 3.8) is 0 Å². The van der Waals surface area contributed by atoms with Crippen molar-refractivity contribution in [2.24, 2.45) is 5.92 Å². The zero-order valence-electron chi connectivity index (χ0n) is 13.8. The van der Waals surface area contributed by atoms with Crippen LogP contribution in [0.25, 0.3) is 10.6 Å². The maximum absolute atomic E-state index is 12.3. The summed E-state index contributed by atoms with van der Waals surface area (Å²) in [6.07, 6.45) is 5.05. The van der Waals surface area contributed by atoms with E-state index >= 15 is 0 Å². The Bertz CT molecular complexity index is 657. The Balaban J connectivity index is 1.61. The molecule has 23 heavy (non-hydrogen) atoms. The Labute approximate surface area is 142 Å². The third-order valence-corrected chi connectivity index (χ3v) is 5.68. The number of carbonyl (C=O) groups excluding carboxylic acids is 1. The predicted octanol–water partition coefficient (Wildman–Crippen LogP) is 4.36. The number of nitrogens with zero attached hydrogens (tertiary/aromatic N) is 1. The molecular formula is C19H24N2OS. The van der Waals surface area contributed by atoms with E-state index in [4.69, 9.17) is 0 Å². The number of amides is 1. The molecule has 1 saturated carbocycles. The molecule has 2 aromatic rings. The molecule has 0 saturated heterocycles. The van der Waals surface area contributed by atoms with Gasteiger partial charge in [-0.2, -0.15) is 0 Å². The molecule has 122 valence electrons. The van der Waals surface area contributed by atoms with E-state index in [1.54, 1.807) is 11.3 Å². The SMILES string of the molecule is Cc1sc(-c2ccccc2)nc1CC(=O)NC1CCC(C)CC1. The Hall–Kier alpha value is -1.68. The van der Waals surface area contributed by atoms with Crippen LogP contribution in [0.2, 0.25) is 0 Å². The summed E-state index contributed by atoms with van der Waals surface area (Å²) in [5, 5.41) is 4.19. The van der Waals surface area contributed by atoms with Crippen molar-refractivity contribution in [3.05, 3.63) is 40.9 Å². The van der Waals surface area contributed by atoms with Gasteiger partial charge >= 0.3 is 0 Å². The fourth-order valence-corrected chi connectivity index (χ4v) is 4.07. The van der Waals surface area contributed by atoms with Crippen LogP contribution in [0.4, 0.5) is 0 Å². The van der Waals surface area contributed by atoms with Crippen LogP contribution in [0.15, 0.2) is 30.3 Å². The molecule has 1 aliphatic rings. The lowest BCUT2D eigenvalue weighted by molar-refractivity contribution is -0.121. The maximum atomic E-state index is 12.3. The number of thiazole rings is 1. The highest BCUT2D eigenvalue weighted by Gasteiger charge is 2.20. The van der Waals surface area contributed by atoms with E-state index in [1.807, 2.05) is 18.2 Å². The second kappa shape index (κ2) is 7.26. The monoisotopic (exact) mass is 328 g/mol. The van der Waals surface area contributed by atoms with Gasteiger partial charge in [-0.3, -0.25) is 4.79 Å². The van der Waals surface area contributed by atoms with Crippen LogP contribution in [-0.4, -0.2) is 16.9 Å². The minimum Gasteiger partial charge on any atom is -0.353 e. The first kappa shape index (κ1) is 16.2. The van der Waals surface area contributed by atoms with Crippen molar-refractivity contribution < 1.29 is 4.79 Å². The van der Waals surface area contributed by atoms with E-state index in [0.29, 0.717) is 12.5 Å². The molecule has 0 atom stereocenters. The molecular weight excluding hydrogens is 304 g/mol. The van der Waals surface area contributed by atoms with Gasteiger partial charge in [-0.25, -0.2) is 4.98 Å². The summed E-state index contributed by atoms with van der Waals surface area (Å²) >= 11 is 1.66. The van der Waals surface area contributed by atoms with E-state index in [-0.39, 0.29) is 5.91 Å². The minimum atomic E-state index is 0.109. The van der Waals surface area contributed by atoms with E-state index in [2.05, 4.69) is 36.3 Å². The number of aromatic nitrogens is 1. The van der Waals surface area contributed by atoms with E-state index in [0.717, 1.165) is 39.9 Å². The average molecular weight is 328 g/mol. The Morgan fingerprint density at radius 3 is 2.61 bits per heavy atom. The van der Waals surface area contributed by atoms with Gasteiger partial charge in [0.1, 0.15) is 5.01 Å². The highest BCUT2D eigenvalue weighted by atomic mass is 32.1. The summed E-state index contributed by atoms with van der Waals surface area (Å²) in [5.41, 5.74) is 2.03. The molecule has 0 unspecified atom stereocenters. The van der Waals surface area contributed by atoms with Crippen molar-refractivity contribution in [1.82, 2.24) is 10.3 Å². The first-order chi connectivity index (χ1) is 11.1. The van der Waals surface area contributed by atoms with Gasteiger partial charge in [0.05, 0.1) is 12.1 Å². The van der Waals surface area contributed by atoms with Crippen molar-refractivity contribution >= 4 is 17.2 Å². The molecule has 1 aromatic heterocycles. The smallest absolute Gasteiger partial charge is 0.226 e. The quantitative estimate of drug-likeness (QED) is 0.906. The van der Waals surface area contributed by atoms with Crippen molar-refractivity contribution in [2.45, 2.75) is 52.0 Å². The highest BCUT2D eigenvalue weighted by Crippen LogP contribution is 2.28. The summed E-state index contributed by atoms with van der Waals surface area (Å²) in [4.78, 5) is 18.1. The minimum absolute atomic E-state index is 0.109. The van der Waals surface area contributed by atoms with Crippen LogP contribution >= 0.6 is 11.3 Å². The molecule has 0 spiro atoms. The summed E-state index contributed by atoms with van der Waals surface area (Å²) in [6.45, 7) is 4.34. The van der Waals surface area contributed by atoms with Gasteiger partial charge in [0.2, 0.25) is 5.91 Å². The largest absolute Gasteiger partial charge is 0.353 e. The first-order valence-corrected chi connectivity index (χ1v) is 9.24.